The molecule has 0 saturated carbocycles. The fourth-order valence-corrected chi connectivity index (χ4v) is 2.35. The van der Waals surface area contributed by atoms with Crippen LogP contribution in [0.1, 0.15) is 24.8 Å². The quantitative estimate of drug-likeness (QED) is 0.359. The monoisotopic (exact) mass is 264 g/mol. The molecule has 0 aromatic carbocycles. The minimum Gasteiger partial charge on any atom is -0.478 e. The van der Waals surface area contributed by atoms with Crippen molar-refractivity contribution in [3.05, 3.63) is 23.9 Å². The zero-order chi connectivity index (χ0) is 13.7. The molecular formula is C13H20N4O2. The van der Waals surface area contributed by atoms with Crippen LogP contribution in [0.3, 0.4) is 0 Å². The number of hydrogen-bond acceptors (Lipinski definition) is 5. The number of amidine groups is 1. The third-order valence-corrected chi connectivity index (χ3v) is 3.51. The maximum absolute atomic E-state index is 8.62. The normalized spacial score (nSPS) is 20.7. The summed E-state index contributed by atoms with van der Waals surface area (Å²) in [6.45, 7) is 1.80. The first-order valence-corrected chi connectivity index (χ1v) is 6.47. The van der Waals surface area contributed by atoms with Crippen molar-refractivity contribution in [2.75, 3.05) is 20.2 Å². The zero-order valence-electron chi connectivity index (χ0n) is 11.1. The molecule has 1 aromatic rings. The van der Waals surface area contributed by atoms with Crippen molar-refractivity contribution in [1.82, 2.24) is 9.88 Å². The van der Waals surface area contributed by atoms with Gasteiger partial charge in [-0.3, -0.25) is 0 Å². The lowest BCUT2D eigenvalue weighted by atomic mass is 10.1. The fourth-order valence-electron chi connectivity index (χ4n) is 2.35. The maximum atomic E-state index is 8.62. The van der Waals surface area contributed by atoms with E-state index in [1.807, 2.05) is 0 Å². The second-order valence-corrected chi connectivity index (χ2v) is 4.78. The molecule has 1 saturated heterocycles. The predicted molar refractivity (Wildman–Crippen MR) is 72.5 cm³/mol. The number of hydrogen-bond donors (Lipinski definition) is 2. The van der Waals surface area contributed by atoms with Crippen molar-refractivity contribution in [3.63, 3.8) is 0 Å². The summed E-state index contributed by atoms with van der Waals surface area (Å²) in [5.41, 5.74) is 6.12. The summed E-state index contributed by atoms with van der Waals surface area (Å²) in [4.78, 5) is 6.48. The van der Waals surface area contributed by atoms with Gasteiger partial charge >= 0.3 is 0 Å². The van der Waals surface area contributed by atoms with E-state index in [0.29, 0.717) is 24.1 Å². The molecule has 1 aliphatic heterocycles. The van der Waals surface area contributed by atoms with Crippen molar-refractivity contribution in [2.45, 2.75) is 25.3 Å². The number of rotatable bonds is 5. The number of pyridine rings is 1. The van der Waals surface area contributed by atoms with Gasteiger partial charge in [0.2, 0.25) is 5.88 Å². The van der Waals surface area contributed by atoms with Gasteiger partial charge in [-0.15, -0.1) is 0 Å². The number of nitrogens with two attached hydrogens (primary N) is 1. The largest absolute Gasteiger partial charge is 0.478 e. The first-order valence-electron chi connectivity index (χ1n) is 6.47. The van der Waals surface area contributed by atoms with Gasteiger partial charge in [0.1, 0.15) is 0 Å². The molecule has 1 atom stereocenters. The lowest BCUT2D eigenvalue weighted by Crippen LogP contribution is -2.26. The first kappa shape index (κ1) is 13.6. The summed E-state index contributed by atoms with van der Waals surface area (Å²) in [5, 5.41) is 11.6. The van der Waals surface area contributed by atoms with Crippen LogP contribution in [0.2, 0.25) is 0 Å². The summed E-state index contributed by atoms with van der Waals surface area (Å²) in [6, 6.07) is 3.95. The molecule has 1 aromatic heterocycles. The second-order valence-electron chi connectivity index (χ2n) is 4.78. The minimum absolute atomic E-state index is 0.0581. The van der Waals surface area contributed by atoms with E-state index in [-0.39, 0.29) is 5.84 Å². The molecule has 2 heterocycles. The summed E-state index contributed by atoms with van der Waals surface area (Å²) in [5.74, 6) is 0.563. The fraction of sp³-hybridized carbons (Fsp3) is 0.538. The summed E-state index contributed by atoms with van der Waals surface area (Å²) >= 11 is 0. The Balaban J connectivity index is 1.86. The van der Waals surface area contributed by atoms with Crippen LogP contribution in [-0.2, 0) is 0 Å². The molecule has 0 radical (unpaired) electrons. The van der Waals surface area contributed by atoms with Gasteiger partial charge < -0.3 is 20.6 Å². The number of likely N-dealkylation sites (tertiary alicyclic amines) is 1. The van der Waals surface area contributed by atoms with Gasteiger partial charge in [-0.25, -0.2) is 4.98 Å². The predicted octanol–water partition coefficient (Wildman–Crippen LogP) is 1.04. The van der Waals surface area contributed by atoms with Crippen molar-refractivity contribution in [3.8, 4) is 5.88 Å². The Morgan fingerprint density at radius 3 is 3.21 bits per heavy atom. The Hall–Kier alpha value is -1.82. The van der Waals surface area contributed by atoms with E-state index in [0.717, 1.165) is 6.42 Å². The number of ether oxygens (including phenoxy) is 1. The zero-order valence-corrected chi connectivity index (χ0v) is 11.1. The van der Waals surface area contributed by atoms with E-state index < -0.39 is 0 Å². The molecule has 104 valence electrons. The molecular weight excluding hydrogens is 244 g/mol. The maximum Gasteiger partial charge on any atom is 0.213 e. The van der Waals surface area contributed by atoms with Gasteiger partial charge in [-0.05, 0) is 38.9 Å². The first-order chi connectivity index (χ1) is 9.20. The number of nitrogens with zero attached hydrogens (tertiary/aromatic N) is 3. The van der Waals surface area contributed by atoms with E-state index in [1.54, 1.807) is 18.3 Å². The van der Waals surface area contributed by atoms with Crippen LogP contribution in [0, 0.1) is 0 Å². The summed E-state index contributed by atoms with van der Waals surface area (Å²) in [7, 11) is 2.15. The van der Waals surface area contributed by atoms with Crippen LogP contribution in [-0.4, -0.2) is 47.2 Å². The lowest BCUT2D eigenvalue weighted by molar-refractivity contribution is 0.228. The third kappa shape index (κ3) is 3.57. The Bertz CT molecular complexity index is 450. The van der Waals surface area contributed by atoms with Crippen LogP contribution in [0.5, 0.6) is 5.88 Å². The highest BCUT2D eigenvalue weighted by Gasteiger charge is 2.20. The minimum atomic E-state index is 0.0581. The smallest absolute Gasteiger partial charge is 0.213 e. The van der Waals surface area contributed by atoms with Crippen LogP contribution in [0.4, 0.5) is 0 Å². The van der Waals surface area contributed by atoms with Crippen LogP contribution in [0.25, 0.3) is 0 Å². The van der Waals surface area contributed by atoms with E-state index in [2.05, 4.69) is 22.1 Å². The number of aromatic nitrogens is 1. The lowest BCUT2D eigenvalue weighted by Gasteiger charge is -2.19. The standard InChI is InChI=1S/C13H20N4O2/c1-17-7-2-3-11(17)5-8-19-12-9-10(4-6-15-12)13(14)16-18/h4,6,9,11,18H,2-3,5,7-8H2,1H3,(H2,14,16). The topological polar surface area (TPSA) is 84.0 Å². The summed E-state index contributed by atoms with van der Waals surface area (Å²) < 4.78 is 5.62. The Kier molecular flexibility index (Phi) is 4.57. The average Bonchev–Trinajstić information content (AvgIpc) is 2.84. The van der Waals surface area contributed by atoms with Gasteiger partial charge in [-0.2, -0.15) is 0 Å². The average molecular weight is 264 g/mol. The molecule has 0 spiro atoms. The Morgan fingerprint density at radius 1 is 1.68 bits per heavy atom. The SMILES string of the molecule is CN1CCCC1CCOc1cc(/C(N)=N/O)ccn1. The van der Waals surface area contributed by atoms with Crippen molar-refractivity contribution in [2.24, 2.45) is 10.9 Å². The molecule has 1 fully saturated rings. The molecule has 6 nitrogen and oxygen atoms in total. The van der Waals surface area contributed by atoms with E-state index in [9.17, 15) is 0 Å². The molecule has 0 aliphatic carbocycles. The molecule has 0 bridgehead atoms. The number of oxime groups is 1. The molecule has 0 amide bonds. The molecule has 19 heavy (non-hydrogen) atoms. The van der Waals surface area contributed by atoms with Crippen molar-refractivity contribution >= 4 is 5.84 Å². The van der Waals surface area contributed by atoms with Crippen molar-refractivity contribution < 1.29 is 9.94 Å². The molecule has 2 rings (SSSR count). The van der Waals surface area contributed by atoms with Gasteiger partial charge in [0.25, 0.3) is 0 Å². The second kappa shape index (κ2) is 6.38. The highest BCUT2D eigenvalue weighted by molar-refractivity contribution is 5.97. The van der Waals surface area contributed by atoms with Crippen LogP contribution in [0.15, 0.2) is 23.5 Å². The Labute approximate surface area is 112 Å². The Morgan fingerprint density at radius 2 is 2.53 bits per heavy atom. The van der Waals surface area contributed by atoms with Crippen LogP contribution >= 0.6 is 0 Å². The molecule has 6 heteroatoms. The van der Waals surface area contributed by atoms with Gasteiger partial charge in [0, 0.05) is 23.9 Å². The highest BCUT2D eigenvalue weighted by atomic mass is 16.5. The van der Waals surface area contributed by atoms with E-state index in [4.69, 9.17) is 15.7 Å². The van der Waals surface area contributed by atoms with Gasteiger partial charge in [0.05, 0.1) is 6.61 Å². The molecule has 3 N–H and O–H groups in total. The van der Waals surface area contributed by atoms with Gasteiger partial charge in [-0.1, -0.05) is 5.16 Å². The third-order valence-electron chi connectivity index (χ3n) is 3.51. The molecule has 1 unspecified atom stereocenters. The van der Waals surface area contributed by atoms with E-state index >= 15 is 0 Å². The molecule has 1 aliphatic rings. The summed E-state index contributed by atoms with van der Waals surface area (Å²) in [6.07, 6.45) is 5.08. The van der Waals surface area contributed by atoms with Crippen molar-refractivity contribution in [1.29, 1.82) is 0 Å². The van der Waals surface area contributed by atoms with Crippen LogP contribution < -0.4 is 10.5 Å². The van der Waals surface area contributed by atoms with Gasteiger partial charge in [0.15, 0.2) is 5.84 Å². The highest BCUT2D eigenvalue weighted by Crippen LogP contribution is 2.18. The van der Waals surface area contributed by atoms with E-state index in [1.165, 1.54) is 19.4 Å².